The molecule has 0 aromatic carbocycles. The van der Waals surface area contributed by atoms with E-state index in [2.05, 4.69) is 39.7 Å². The summed E-state index contributed by atoms with van der Waals surface area (Å²) >= 11 is 0. The standard InChI is InChI=1S/C17H27N7O2/c1-21-5-9-23(10-6-21)19-16(25)14-3-4-15(18-13-14)17(26)20-24-11-7-22(2)8-12-24/h3-4,13H,5-12H2,1-2H3,(H,19,25)(H,20,26). The zero-order valence-electron chi connectivity index (χ0n) is 15.4. The second-order valence-corrected chi connectivity index (χ2v) is 6.89. The lowest BCUT2D eigenvalue weighted by Gasteiger charge is -2.32. The highest BCUT2D eigenvalue weighted by molar-refractivity contribution is 5.95. The van der Waals surface area contributed by atoms with Crippen molar-refractivity contribution in [2.24, 2.45) is 0 Å². The summed E-state index contributed by atoms with van der Waals surface area (Å²) in [7, 11) is 4.13. The molecular formula is C17H27N7O2. The molecule has 2 aliphatic rings. The van der Waals surface area contributed by atoms with Crippen LogP contribution < -0.4 is 10.9 Å². The first kappa shape index (κ1) is 18.7. The van der Waals surface area contributed by atoms with E-state index in [9.17, 15) is 9.59 Å². The molecule has 1 aromatic rings. The number of carbonyl (C=O) groups is 2. The van der Waals surface area contributed by atoms with Gasteiger partial charge in [-0.1, -0.05) is 0 Å². The molecule has 0 spiro atoms. The number of carbonyl (C=O) groups excluding carboxylic acids is 2. The van der Waals surface area contributed by atoms with Crippen molar-refractivity contribution in [3.63, 3.8) is 0 Å². The summed E-state index contributed by atoms with van der Waals surface area (Å²) in [6.45, 7) is 6.83. The van der Waals surface area contributed by atoms with Gasteiger partial charge in [0.1, 0.15) is 5.69 Å². The molecule has 2 fully saturated rings. The van der Waals surface area contributed by atoms with Crippen molar-refractivity contribution in [3.05, 3.63) is 29.6 Å². The maximum absolute atomic E-state index is 12.3. The van der Waals surface area contributed by atoms with Crippen molar-refractivity contribution in [3.8, 4) is 0 Å². The predicted molar refractivity (Wildman–Crippen MR) is 97.3 cm³/mol. The summed E-state index contributed by atoms with van der Waals surface area (Å²) in [6, 6.07) is 3.22. The summed E-state index contributed by atoms with van der Waals surface area (Å²) in [5.41, 5.74) is 6.50. The molecule has 0 saturated carbocycles. The van der Waals surface area contributed by atoms with Gasteiger partial charge < -0.3 is 9.80 Å². The Morgan fingerprint density at radius 3 is 1.77 bits per heavy atom. The van der Waals surface area contributed by atoms with Gasteiger partial charge in [-0.05, 0) is 26.2 Å². The maximum Gasteiger partial charge on any atom is 0.284 e. The molecule has 0 aliphatic carbocycles. The summed E-state index contributed by atoms with van der Waals surface area (Å²) < 4.78 is 0. The Hall–Kier alpha value is -2.07. The van der Waals surface area contributed by atoms with Crippen LogP contribution in [0.4, 0.5) is 0 Å². The quantitative estimate of drug-likeness (QED) is 0.702. The minimum atomic E-state index is -0.249. The zero-order valence-corrected chi connectivity index (χ0v) is 15.4. The van der Waals surface area contributed by atoms with Crippen LogP contribution in [-0.2, 0) is 0 Å². The molecule has 26 heavy (non-hydrogen) atoms. The lowest BCUT2D eigenvalue weighted by atomic mass is 10.2. The topological polar surface area (TPSA) is 84.0 Å². The molecule has 9 nitrogen and oxygen atoms in total. The zero-order chi connectivity index (χ0) is 18.5. The van der Waals surface area contributed by atoms with Crippen LogP contribution in [0.25, 0.3) is 0 Å². The number of rotatable bonds is 4. The van der Waals surface area contributed by atoms with Crippen molar-refractivity contribution >= 4 is 11.8 Å². The third kappa shape index (κ3) is 4.98. The van der Waals surface area contributed by atoms with Gasteiger partial charge in [0, 0.05) is 58.6 Å². The van der Waals surface area contributed by atoms with E-state index in [1.165, 1.54) is 6.20 Å². The summed E-state index contributed by atoms with van der Waals surface area (Å²) in [6.07, 6.45) is 1.45. The number of likely N-dealkylation sites (N-methyl/N-ethyl adjacent to an activating group) is 2. The SMILES string of the molecule is CN1CCN(NC(=O)c2ccc(C(=O)NN3CCN(C)CC3)nc2)CC1. The second-order valence-electron chi connectivity index (χ2n) is 6.89. The van der Waals surface area contributed by atoms with Crippen LogP contribution in [0, 0.1) is 0 Å². The van der Waals surface area contributed by atoms with E-state index in [1.807, 2.05) is 10.0 Å². The molecule has 0 unspecified atom stereocenters. The van der Waals surface area contributed by atoms with Gasteiger partial charge in [0.15, 0.2) is 0 Å². The van der Waals surface area contributed by atoms with Crippen molar-refractivity contribution < 1.29 is 9.59 Å². The molecule has 3 heterocycles. The molecule has 3 rings (SSSR count). The molecule has 2 saturated heterocycles. The van der Waals surface area contributed by atoms with Gasteiger partial charge in [0.25, 0.3) is 11.8 Å². The van der Waals surface area contributed by atoms with E-state index in [0.717, 1.165) is 52.4 Å². The van der Waals surface area contributed by atoms with Gasteiger partial charge >= 0.3 is 0 Å². The molecule has 142 valence electrons. The fraction of sp³-hybridized carbons (Fsp3) is 0.588. The van der Waals surface area contributed by atoms with Gasteiger partial charge in [0.2, 0.25) is 0 Å². The summed E-state index contributed by atoms with van der Waals surface area (Å²) in [5.74, 6) is -0.450. The number of nitrogens with one attached hydrogen (secondary N) is 2. The molecule has 9 heteroatoms. The van der Waals surface area contributed by atoms with Crippen LogP contribution in [0.3, 0.4) is 0 Å². The highest BCUT2D eigenvalue weighted by Gasteiger charge is 2.19. The Kier molecular flexibility index (Phi) is 6.15. The van der Waals surface area contributed by atoms with E-state index in [1.54, 1.807) is 12.1 Å². The van der Waals surface area contributed by atoms with E-state index in [4.69, 9.17) is 0 Å². The lowest BCUT2D eigenvalue weighted by molar-refractivity contribution is 0.0649. The second kappa shape index (κ2) is 8.54. The Morgan fingerprint density at radius 1 is 0.808 bits per heavy atom. The Morgan fingerprint density at radius 2 is 1.31 bits per heavy atom. The minimum absolute atomic E-state index is 0.201. The molecule has 2 N–H and O–H groups in total. The van der Waals surface area contributed by atoms with Crippen LogP contribution in [0.1, 0.15) is 20.8 Å². The van der Waals surface area contributed by atoms with Gasteiger partial charge in [-0.3, -0.25) is 25.4 Å². The monoisotopic (exact) mass is 361 g/mol. The molecule has 2 amide bonds. The van der Waals surface area contributed by atoms with Gasteiger partial charge in [-0.15, -0.1) is 0 Å². The summed E-state index contributed by atoms with van der Waals surface area (Å²) in [4.78, 5) is 33.2. The molecule has 2 aliphatic heterocycles. The fourth-order valence-electron chi connectivity index (χ4n) is 2.91. The normalized spacial score (nSPS) is 20.7. The van der Waals surface area contributed by atoms with Crippen molar-refractivity contribution in [1.29, 1.82) is 0 Å². The number of aromatic nitrogens is 1. The first-order valence-electron chi connectivity index (χ1n) is 8.96. The third-order valence-electron chi connectivity index (χ3n) is 4.78. The van der Waals surface area contributed by atoms with Gasteiger partial charge in [-0.2, -0.15) is 0 Å². The largest absolute Gasteiger partial charge is 0.304 e. The van der Waals surface area contributed by atoms with Crippen molar-refractivity contribution in [1.82, 2.24) is 35.7 Å². The predicted octanol–water partition coefficient (Wildman–Crippen LogP) is -1.13. The molecule has 0 bridgehead atoms. The first-order chi connectivity index (χ1) is 12.5. The van der Waals surface area contributed by atoms with E-state index in [-0.39, 0.29) is 11.8 Å². The van der Waals surface area contributed by atoms with Gasteiger partial charge in [-0.25, -0.2) is 10.0 Å². The van der Waals surface area contributed by atoms with Crippen LogP contribution in [0.15, 0.2) is 18.3 Å². The Labute approximate surface area is 153 Å². The molecule has 0 atom stereocenters. The number of piperazine rings is 2. The van der Waals surface area contributed by atoms with Crippen molar-refractivity contribution in [2.75, 3.05) is 66.5 Å². The minimum Gasteiger partial charge on any atom is -0.304 e. The first-order valence-corrected chi connectivity index (χ1v) is 8.96. The van der Waals surface area contributed by atoms with E-state index >= 15 is 0 Å². The Balaban J connectivity index is 1.51. The molecular weight excluding hydrogens is 334 g/mol. The number of amides is 2. The van der Waals surface area contributed by atoms with Gasteiger partial charge in [0.05, 0.1) is 5.56 Å². The maximum atomic E-state index is 12.3. The van der Waals surface area contributed by atoms with Crippen LogP contribution in [-0.4, -0.2) is 103 Å². The fourth-order valence-corrected chi connectivity index (χ4v) is 2.91. The number of nitrogens with zero attached hydrogens (tertiary/aromatic N) is 5. The average molecular weight is 361 g/mol. The molecule has 1 aromatic heterocycles. The summed E-state index contributed by atoms with van der Waals surface area (Å²) in [5, 5.41) is 3.81. The number of hydrogen-bond donors (Lipinski definition) is 2. The number of hydrogen-bond acceptors (Lipinski definition) is 7. The van der Waals surface area contributed by atoms with Crippen LogP contribution >= 0.6 is 0 Å². The van der Waals surface area contributed by atoms with Crippen LogP contribution in [0.2, 0.25) is 0 Å². The average Bonchev–Trinajstić information content (AvgIpc) is 2.65. The van der Waals surface area contributed by atoms with Crippen molar-refractivity contribution in [2.45, 2.75) is 0 Å². The number of hydrazine groups is 2. The highest BCUT2D eigenvalue weighted by Crippen LogP contribution is 2.04. The third-order valence-corrected chi connectivity index (χ3v) is 4.78. The lowest BCUT2D eigenvalue weighted by Crippen LogP contribution is -2.52. The van der Waals surface area contributed by atoms with E-state index < -0.39 is 0 Å². The smallest absolute Gasteiger partial charge is 0.284 e. The Bertz CT molecular complexity index is 566. The molecule has 0 radical (unpaired) electrons. The van der Waals surface area contributed by atoms with Crippen LogP contribution in [0.5, 0.6) is 0 Å². The number of pyridine rings is 1. The highest BCUT2D eigenvalue weighted by atomic mass is 16.2. The van der Waals surface area contributed by atoms with E-state index in [0.29, 0.717) is 11.3 Å².